The predicted octanol–water partition coefficient (Wildman–Crippen LogP) is 2.50. The Morgan fingerprint density at radius 3 is 3.18 bits per heavy atom. The first-order valence-electron chi connectivity index (χ1n) is 6.27. The number of hydrogen-bond donors (Lipinski definition) is 1. The SMILES string of the molecule is CCNC(=S)N1CCCC[C@H]1c1cccnc1. The fourth-order valence-corrected chi connectivity index (χ4v) is 2.71. The molecule has 0 aromatic carbocycles. The number of likely N-dealkylation sites (tertiary alicyclic amines) is 1. The van der Waals surface area contributed by atoms with Crippen molar-refractivity contribution in [2.75, 3.05) is 13.1 Å². The van der Waals surface area contributed by atoms with Crippen LogP contribution < -0.4 is 5.32 Å². The lowest BCUT2D eigenvalue weighted by Gasteiger charge is -2.37. The molecule has 0 unspecified atom stereocenters. The average Bonchev–Trinajstić information content (AvgIpc) is 2.40. The van der Waals surface area contributed by atoms with Crippen LogP contribution in [0.25, 0.3) is 0 Å². The van der Waals surface area contributed by atoms with Crippen molar-refractivity contribution in [3.63, 3.8) is 0 Å². The van der Waals surface area contributed by atoms with Gasteiger partial charge in [0.25, 0.3) is 0 Å². The lowest BCUT2D eigenvalue weighted by Crippen LogP contribution is -2.44. The van der Waals surface area contributed by atoms with E-state index in [1.807, 2.05) is 18.5 Å². The molecule has 1 aromatic heterocycles. The summed E-state index contributed by atoms with van der Waals surface area (Å²) >= 11 is 5.44. The predicted molar refractivity (Wildman–Crippen MR) is 73.8 cm³/mol. The third kappa shape index (κ3) is 2.94. The second-order valence-electron chi connectivity index (χ2n) is 4.33. The molecule has 1 aromatic rings. The number of pyridine rings is 1. The van der Waals surface area contributed by atoms with Crippen LogP contribution in [0.4, 0.5) is 0 Å². The Labute approximate surface area is 108 Å². The molecule has 4 heteroatoms. The van der Waals surface area contributed by atoms with Gasteiger partial charge in [0.1, 0.15) is 0 Å². The van der Waals surface area contributed by atoms with Crippen molar-refractivity contribution in [1.82, 2.24) is 15.2 Å². The Kier molecular flexibility index (Phi) is 4.31. The highest BCUT2D eigenvalue weighted by Gasteiger charge is 2.25. The van der Waals surface area contributed by atoms with E-state index in [1.165, 1.54) is 18.4 Å². The first-order valence-corrected chi connectivity index (χ1v) is 6.68. The molecular weight excluding hydrogens is 230 g/mol. The third-order valence-corrected chi connectivity index (χ3v) is 3.54. The third-order valence-electron chi connectivity index (χ3n) is 3.16. The summed E-state index contributed by atoms with van der Waals surface area (Å²) in [6, 6.07) is 4.53. The summed E-state index contributed by atoms with van der Waals surface area (Å²) in [6.45, 7) is 4.01. The molecule has 2 heterocycles. The summed E-state index contributed by atoms with van der Waals surface area (Å²) < 4.78 is 0. The summed E-state index contributed by atoms with van der Waals surface area (Å²) in [4.78, 5) is 6.51. The van der Waals surface area contributed by atoms with Crippen LogP contribution in [0.5, 0.6) is 0 Å². The van der Waals surface area contributed by atoms with E-state index in [-0.39, 0.29) is 0 Å². The van der Waals surface area contributed by atoms with Gasteiger partial charge in [0.2, 0.25) is 0 Å². The zero-order chi connectivity index (χ0) is 12.1. The minimum absolute atomic E-state index is 0.393. The second kappa shape index (κ2) is 5.96. The molecule has 1 aliphatic rings. The van der Waals surface area contributed by atoms with Crippen LogP contribution in [0.3, 0.4) is 0 Å². The lowest BCUT2D eigenvalue weighted by atomic mass is 9.97. The van der Waals surface area contributed by atoms with E-state index in [1.54, 1.807) is 0 Å². The smallest absolute Gasteiger partial charge is 0.169 e. The highest BCUT2D eigenvalue weighted by Crippen LogP contribution is 2.30. The molecule has 1 saturated heterocycles. The maximum atomic E-state index is 5.44. The van der Waals surface area contributed by atoms with Gasteiger partial charge in [-0.15, -0.1) is 0 Å². The largest absolute Gasteiger partial charge is 0.363 e. The van der Waals surface area contributed by atoms with E-state index in [4.69, 9.17) is 12.2 Å². The normalized spacial score (nSPS) is 20.1. The van der Waals surface area contributed by atoms with Crippen LogP contribution in [0, 0.1) is 0 Å². The molecule has 1 N–H and O–H groups in total. The number of piperidine rings is 1. The monoisotopic (exact) mass is 249 g/mol. The molecule has 17 heavy (non-hydrogen) atoms. The fraction of sp³-hybridized carbons (Fsp3) is 0.538. The number of hydrogen-bond acceptors (Lipinski definition) is 2. The maximum Gasteiger partial charge on any atom is 0.169 e. The van der Waals surface area contributed by atoms with Crippen LogP contribution >= 0.6 is 12.2 Å². The van der Waals surface area contributed by atoms with Gasteiger partial charge in [0.15, 0.2) is 5.11 Å². The highest BCUT2D eigenvalue weighted by atomic mass is 32.1. The average molecular weight is 249 g/mol. The maximum absolute atomic E-state index is 5.44. The number of aromatic nitrogens is 1. The molecule has 0 amide bonds. The van der Waals surface area contributed by atoms with Crippen molar-refractivity contribution >= 4 is 17.3 Å². The Balaban J connectivity index is 2.15. The van der Waals surface area contributed by atoms with Crippen LogP contribution in [0.15, 0.2) is 24.5 Å². The number of nitrogens with one attached hydrogen (secondary N) is 1. The first kappa shape index (κ1) is 12.3. The van der Waals surface area contributed by atoms with Crippen LogP contribution in [-0.4, -0.2) is 28.1 Å². The zero-order valence-electron chi connectivity index (χ0n) is 10.2. The number of thiocarbonyl (C=S) groups is 1. The van der Waals surface area contributed by atoms with Crippen molar-refractivity contribution in [2.24, 2.45) is 0 Å². The Morgan fingerprint density at radius 1 is 1.59 bits per heavy atom. The topological polar surface area (TPSA) is 28.2 Å². The van der Waals surface area contributed by atoms with E-state index in [9.17, 15) is 0 Å². The Hall–Kier alpha value is -1.16. The van der Waals surface area contributed by atoms with Gasteiger partial charge in [0, 0.05) is 25.5 Å². The zero-order valence-corrected chi connectivity index (χ0v) is 11.0. The summed E-state index contributed by atoms with van der Waals surface area (Å²) in [5.74, 6) is 0. The van der Waals surface area contributed by atoms with Gasteiger partial charge < -0.3 is 10.2 Å². The summed E-state index contributed by atoms with van der Waals surface area (Å²) in [6.07, 6.45) is 7.43. The molecule has 1 atom stereocenters. The standard InChI is InChI=1S/C13H19N3S/c1-2-15-13(17)16-9-4-3-7-12(16)11-6-5-8-14-10-11/h5-6,8,10,12H,2-4,7,9H2,1H3,(H,15,17)/t12-/m0/s1. The van der Waals surface area contributed by atoms with E-state index < -0.39 is 0 Å². The van der Waals surface area contributed by atoms with Crippen molar-refractivity contribution < 1.29 is 0 Å². The second-order valence-corrected chi connectivity index (χ2v) is 4.71. The van der Waals surface area contributed by atoms with Gasteiger partial charge in [-0.05, 0) is 50.0 Å². The van der Waals surface area contributed by atoms with Gasteiger partial charge in [-0.2, -0.15) is 0 Å². The van der Waals surface area contributed by atoms with Gasteiger partial charge >= 0.3 is 0 Å². The fourth-order valence-electron chi connectivity index (χ4n) is 2.35. The Morgan fingerprint density at radius 2 is 2.47 bits per heavy atom. The molecular formula is C13H19N3S. The highest BCUT2D eigenvalue weighted by molar-refractivity contribution is 7.80. The van der Waals surface area contributed by atoms with Gasteiger partial charge in [0.05, 0.1) is 6.04 Å². The van der Waals surface area contributed by atoms with Crippen LogP contribution in [-0.2, 0) is 0 Å². The lowest BCUT2D eigenvalue weighted by molar-refractivity contribution is 0.242. The number of nitrogens with zero attached hydrogens (tertiary/aromatic N) is 2. The van der Waals surface area contributed by atoms with Crippen LogP contribution in [0.2, 0.25) is 0 Å². The summed E-state index contributed by atoms with van der Waals surface area (Å²) in [7, 11) is 0. The molecule has 0 saturated carbocycles. The molecule has 2 rings (SSSR count). The first-order chi connectivity index (χ1) is 8.33. The van der Waals surface area contributed by atoms with Gasteiger partial charge in [-0.25, -0.2) is 0 Å². The molecule has 1 fully saturated rings. The Bertz CT molecular complexity index is 366. The molecule has 0 radical (unpaired) electrons. The molecule has 0 aliphatic carbocycles. The van der Waals surface area contributed by atoms with E-state index in [0.717, 1.165) is 24.6 Å². The molecule has 92 valence electrons. The van der Waals surface area contributed by atoms with Crippen molar-refractivity contribution in [3.05, 3.63) is 30.1 Å². The van der Waals surface area contributed by atoms with Gasteiger partial charge in [-0.3, -0.25) is 4.98 Å². The number of rotatable bonds is 2. The van der Waals surface area contributed by atoms with E-state index in [2.05, 4.69) is 28.2 Å². The molecule has 3 nitrogen and oxygen atoms in total. The summed E-state index contributed by atoms with van der Waals surface area (Å²) in [5.41, 5.74) is 1.27. The summed E-state index contributed by atoms with van der Waals surface area (Å²) in [5, 5.41) is 4.13. The molecule has 1 aliphatic heterocycles. The molecule has 0 bridgehead atoms. The minimum Gasteiger partial charge on any atom is -0.363 e. The van der Waals surface area contributed by atoms with E-state index in [0.29, 0.717) is 6.04 Å². The minimum atomic E-state index is 0.393. The van der Waals surface area contributed by atoms with Gasteiger partial charge in [-0.1, -0.05) is 6.07 Å². The molecule has 0 spiro atoms. The van der Waals surface area contributed by atoms with Crippen molar-refractivity contribution in [2.45, 2.75) is 32.2 Å². The quantitative estimate of drug-likeness (QED) is 0.815. The van der Waals surface area contributed by atoms with E-state index >= 15 is 0 Å². The van der Waals surface area contributed by atoms with Crippen LogP contribution in [0.1, 0.15) is 37.8 Å². The van der Waals surface area contributed by atoms with Crippen molar-refractivity contribution in [3.8, 4) is 0 Å². The van der Waals surface area contributed by atoms with Crippen molar-refractivity contribution in [1.29, 1.82) is 0 Å².